The van der Waals surface area contributed by atoms with Gasteiger partial charge in [0.15, 0.2) is 0 Å². The highest BCUT2D eigenvalue weighted by Crippen LogP contribution is 2.27. The third-order valence-electron chi connectivity index (χ3n) is 3.79. The van der Waals surface area contributed by atoms with E-state index < -0.39 is 6.10 Å². The van der Waals surface area contributed by atoms with E-state index in [0.29, 0.717) is 23.6 Å². The number of phenolic OH excluding ortho intramolecular Hbond substituents is 1. The van der Waals surface area contributed by atoms with Gasteiger partial charge in [-0.05, 0) is 36.8 Å². The molecule has 0 saturated heterocycles. The highest BCUT2D eigenvalue weighted by Gasteiger charge is 2.30. The number of nitrogens with zero attached hydrogens (tertiary/aromatic N) is 1. The van der Waals surface area contributed by atoms with E-state index in [4.69, 9.17) is 9.57 Å². The van der Waals surface area contributed by atoms with Crippen LogP contribution < -0.4 is 10.1 Å². The van der Waals surface area contributed by atoms with Gasteiger partial charge in [0.1, 0.15) is 11.5 Å². The molecule has 1 amide bonds. The summed E-state index contributed by atoms with van der Waals surface area (Å²) in [6, 6.07) is 12.4. The third-order valence-corrected chi connectivity index (χ3v) is 3.79. The van der Waals surface area contributed by atoms with Crippen molar-refractivity contribution in [3.8, 4) is 11.5 Å². The predicted molar refractivity (Wildman–Crippen MR) is 90.5 cm³/mol. The first-order valence-corrected chi connectivity index (χ1v) is 7.55. The predicted octanol–water partition coefficient (Wildman–Crippen LogP) is 2.84. The van der Waals surface area contributed by atoms with E-state index in [9.17, 15) is 9.90 Å². The molecule has 0 fully saturated rings. The number of oxime groups is 1. The standard InChI is InChI=1S/C18H18N2O4/c1-11-7-8-15(21)14(9-11)19-18(22)17-10-13(20-24-17)12-5-3-4-6-16(12)23-2/h3-9,17,21H,10H2,1-2H3,(H,19,22). The van der Waals surface area contributed by atoms with Gasteiger partial charge in [0.25, 0.3) is 5.91 Å². The quantitative estimate of drug-likeness (QED) is 0.847. The second kappa shape index (κ2) is 6.62. The zero-order valence-electron chi connectivity index (χ0n) is 13.4. The lowest BCUT2D eigenvalue weighted by Crippen LogP contribution is -2.28. The fourth-order valence-corrected chi connectivity index (χ4v) is 2.52. The highest BCUT2D eigenvalue weighted by atomic mass is 16.6. The van der Waals surface area contributed by atoms with Gasteiger partial charge in [0.05, 0.1) is 18.5 Å². The Kier molecular flexibility index (Phi) is 4.37. The van der Waals surface area contributed by atoms with E-state index in [0.717, 1.165) is 11.1 Å². The summed E-state index contributed by atoms with van der Waals surface area (Å²) >= 11 is 0. The van der Waals surface area contributed by atoms with Gasteiger partial charge >= 0.3 is 0 Å². The first-order chi connectivity index (χ1) is 11.6. The zero-order valence-corrected chi connectivity index (χ0v) is 13.4. The summed E-state index contributed by atoms with van der Waals surface area (Å²) in [5.74, 6) is 0.333. The minimum Gasteiger partial charge on any atom is -0.506 e. The average molecular weight is 326 g/mol. The van der Waals surface area contributed by atoms with Crippen LogP contribution in [0.15, 0.2) is 47.6 Å². The number of nitrogens with one attached hydrogen (secondary N) is 1. The van der Waals surface area contributed by atoms with E-state index in [1.807, 2.05) is 31.2 Å². The van der Waals surface area contributed by atoms with E-state index in [1.165, 1.54) is 6.07 Å². The average Bonchev–Trinajstić information content (AvgIpc) is 3.08. The largest absolute Gasteiger partial charge is 0.506 e. The van der Waals surface area contributed by atoms with Crippen molar-refractivity contribution in [1.82, 2.24) is 0 Å². The van der Waals surface area contributed by atoms with Crippen molar-refractivity contribution in [3.63, 3.8) is 0 Å². The normalized spacial score (nSPS) is 16.2. The Bertz CT molecular complexity index is 801. The Morgan fingerprint density at radius 1 is 1.33 bits per heavy atom. The van der Waals surface area contributed by atoms with Crippen LogP contribution in [0.4, 0.5) is 5.69 Å². The second-order valence-electron chi connectivity index (χ2n) is 5.55. The number of aromatic hydroxyl groups is 1. The van der Waals surface area contributed by atoms with Crippen LogP contribution >= 0.6 is 0 Å². The summed E-state index contributed by atoms with van der Waals surface area (Å²) in [5, 5.41) is 16.5. The summed E-state index contributed by atoms with van der Waals surface area (Å²) in [7, 11) is 1.58. The fourth-order valence-electron chi connectivity index (χ4n) is 2.52. The minimum absolute atomic E-state index is 0.0119. The van der Waals surface area contributed by atoms with Crippen LogP contribution in [0.2, 0.25) is 0 Å². The molecule has 124 valence electrons. The molecule has 0 bridgehead atoms. The molecule has 2 N–H and O–H groups in total. The molecule has 1 unspecified atom stereocenters. The number of anilines is 1. The van der Waals surface area contributed by atoms with Crippen LogP contribution in [-0.2, 0) is 9.63 Å². The number of hydrogen-bond acceptors (Lipinski definition) is 5. The monoisotopic (exact) mass is 326 g/mol. The van der Waals surface area contributed by atoms with Crippen LogP contribution in [0, 0.1) is 6.92 Å². The molecule has 2 aromatic carbocycles. The molecule has 3 rings (SSSR count). The number of carbonyl (C=O) groups excluding carboxylic acids is 1. The van der Waals surface area contributed by atoms with E-state index in [2.05, 4.69) is 10.5 Å². The van der Waals surface area contributed by atoms with Crippen molar-refractivity contribution in [2.24, 2.45) is 5.16 Å². The molecule has 24 heavy (non-hydrogen) atoms. The minimum atomic E-state index is -0.746. The number of phenols is 1. The first kappa shape index (κ1) is 15.9. The van der Waals surface area contributed by atoms with Crippen LogP contribution in [0.1, 0.15) is 17.5 Å². The van der Waals surface area contributed by atoms with E-state index >= 15 is 0 Å². The maximum atomic E-state index is 12.4. The Labute approximate surface area is 139 Å². The van der Waals surface area contributed by atoms with Gasteiger partial charge in [-0.1, -0.05) is 23.4 Å². The summed E-state index contributed by atoms with van der Waals surface area (Å²) < 4.78 is 5.31. The topological polar surface area (TPSA) is 80.2 Å². The van der Waals surface area contributed by atoms with Crippen molar-refractivity contribution in [2.75, 3.05) is 12.4 Å². The molecule has 0 aliphatic carbocycles. The lowest BCUT2D eigenvalue weighted by molar-refractivity contribution is -0.125. The summed E-state index contributed by atoms with van der Waals surface area (Å²) in [4.78, 5) is 17.6. The number of amides is 1. The van der Waals surface area contributed by atoms with Crippen molar-refractivity contribution in [2.45, 2.75) is 19.4 Å². The molecule has 6 heteroatoms. The Morgan fingerprint density at radius 2 is 2.12 bits per heavy atom. The number of carbonyl (C=O) groups is 1. The molecule has 1 heterocycles. The van der Waals surface area contributed by atoms with Gasteiger partial charge in [-0.3, -0.25) is 4.79 Å². The molecule has 0 aromatic heterocycles. The van der Waals surface area contributed by atoms with Crippen molar-refractivity contribution >= 4 is 17.3 Å². The first-order valence-electron chi connectivity index (χ1n) is 7.55. The Hall–Kier alpha value is -3.02. The van der Waals surface area contributed by atoms with Crippen LogP contribution in [0.3, 0.4) is 0 Å². The van der Waals surface area contributed by atoms with Gasteiger partial charge in [0, 0.05) is 12.0 Å². The van der Waals surface area contributed by atoms with Crippen molar-refractivity contribution in [3.05, 3.63) is 53.6 Å². The van der Waals surface area contributed by atoms with Gasteiger partial charge in [-0.25, -0.2) is 0 Å². The molecule has 1 atom stereocenters. The smallest absolute Gasteiger partial charge is 0.268 e. The fraction of sp³-hybridized carbons (Fsp3) is 0.222. The third kappa shape index (κ3) is 3.17. The maximum Gasteiger partial charge on any atom is 0.268 e. The van der Waals surface area contributed by atoms with Gasteiger partial charge < -0.3 is 20.0 Å². The number of methoxy groups -OCH3 is 1. The number of ether oxygens (including phenoxy) is 1. The highest BCUT2D eigenvalue weighted by molar-refractivity contribution is 6.07. The van der Waals surface area contributed by atoms with Gasteiger partial charge in [-0.2, -0.15) is 0 Å². The number of para-hydroxylation sites is 1. The Balaban J connectivity index is 1.70. The van der Waals surface area contributed by atoms with E-state index in [-0.39, 0.29) is 11.7 Å². The molecular formula is C18H18N2O4. The molecule has 0 radical (unpaired) electrons. The van der Waals surface area contributed by atoms with E-state index in [1.54, 1.807) is 19.2 Å². The van der Waals surface area contributed by atoms with Crippen molar-refractivity contribution in [1.29, 1.82) is 0 Å². The number of rotatable bonds is 4. The molecule has 0 saturated carbocycles. The maximum absolute atomic E-state index is 12.4. The van der Waals surface area contributed by atoms with Crippen LogP contribution in [0.5, 0.6) is 11.5 Å². The molecule has 2 aromatic rings. The number of aryl methyl sites for hydroxylation is 1. The lowest BCUT2D eigenvalue weighted by atomic mass is 10.0. The molecule has 1 aliphatic heterocycles. The van der Waals surface area contributed by atoms with Crippen molar-refractivity contribution < 1.29 is 19.5 Å². The van der Waals surface area contributed by atoms with Gasteiger partial charge in [-0.15, -0.1) is 0 Å². The summed E-state index contributed by atoms with van der Waals surface area (Å²) in [5.41, 5.74) is 2.74. The molecule has 1 aliphatic rings. The number of benzene rings is 2. The summed E-state index contributed by atoms with van der Waals surface area (Å²) in [6.07, 6.45) is -0.413. The SMILES string of the molecule is COc1ccccc1C1=NOC(C(=O)Nc2cc(C)ccc2O)C1. The zero-order chi connectivity index (χ0) is 17.1. The van der Waals surface area contributed by atoms with Crippen LogP contribution in [0.25, 0.3) is 0 Å². The Morgan fingerprint density at radius 3 is 2.92 bits per heavy atom. The second-order valence-corrected chi connectivity index (χ2v) is 5.55. The molecule has 0 spiro atoms. The lowest BCUT2D eigenvalue weighted by Gasteiger charge is -2.11. The van der Waals surface area contributed by atoms with Gasteiger partial charge in [0.2, 0.25) is 6.10 Å². The number of hydrogen-bond donors (Lipinski definition) is 2. The van der Waals surface area contributed by atoms with Crippen LogP contribution in [-0.4, -0.2) is 29.9 Å². The summed E-state index contributed by atoms with van der Waals surface area (Å²) in [6.45, 7) is 1.88. The molecule has 6 nitrogen and oxygen atoms in total. The molecular weight excluding hydrogens is 308 g/mol.